The first-order valence-corrected chi connectivity index (χ1v) is 9.09. The molecule has 1 aromatic carbocycles. The average molecular weight is 366 g/mol. The molecule has 0 spiro atoms. The molecule has 0 atom stereocenters. The summed E-state index contributed by atoms with van der Waals surface area (Å²) in [4.78, 5) is 12.8. The number of nitrogens with zero attached hydrogens (tertiary/aromatic N) is 5. The Morgan fingerprint density at radius 3 is 2.85 bits per heavy atom. The molecule has 8 nitrogen and oxygen atoms in total. The summed E-state index contributed by atoms with van der Waals surface area (Å²) >= 11 is 0. The van der Waals surface area contributed by atoms with Gasteiger partial charge in [-0.3, -0.25) is 4.79 Å². The van der Waals surface area contributed by atoms with Crippen molar-refractivity contribution in [3.8, 4) is 11.4 Å². The van der Waals surface area contributed by atoms with E-state index >= 15 is 0 Å². The number of ether oxygens (including phenoxy) is 1. The molecule has 1 fully saturated rings. The van der Waals surface area contributed by atoms with Crippen molar-refractivity contribution in [2.24, 2.45) is 0 Å². The fraction of sp³-hybridized carbons (Fsp3) is 0.368. The lowest BCUT2D eigenvalue weighted by Crippen LogP contribution is -2.19. The van der Waals surface area contributed by atoms with Crippen LogP contribution in [0.3, 0.4) is 0 Å². The maximum atomic E-state index is 12.8. The summed E-state index contributed by atoms with van der Waals surface area (Å²) in [5, 5.41) is 15.5. The van der Waals surface area contributed by atoms with E-state index in [0.717, 1.165) is 18.5 Å². The van der Waals surface area contributed by atoms with Crippen LogP contribution in [-0.2, 0) is 0 Å². The molecule has 0 radical (unpaired) electrons. The van der Waals surface area contributed by atoms with Crippen LogP contribution in [0.5, 0.6) is 5.75 Å². The molecule has 2 aromatic heterocycles. The molecule has 3 aromatic rings. The normalized spacial score (nSPS) is 14.4. The van der Waals surface area contributed by atoms with E-state index in [1.54, 1.807) is 18.0 Å². The maximum Gasteiger partial charge on any atom is 0.279 e. The second-order valence-electron chi connectivity index (χ2n) is 6.69. The van der Waals surface area contributed by atoms with E-state index < -0.39 is 0 Å². The summed E-state index contributed by atoms with van der Waals surface area (Å²) in [5.74, 6) is 1.12. The number of hydrogen-bond donors (Lipinski definition) is 1. The zero-order valence-electron chi connectivity index (χ0n) is 15.4. The van der Waals surface area contributed by atoms with Gasteiger partial charge in [-0.2, -0.15) is 5.10 Å². The highest BCUT2D eigenvalue weighted by Gasteiger charge is 2.23. The van der Waals surface area contributed by atoms with Gasteiger partial charge in [0.2, 0.25) is 0 Å². The number of anilines is 1. The van der Waals surface area contributed by atoms with Crippen LogP contribution in [0.2, 0.25) is 0 Å². The zero-order valence-corrected chi connectivity index (χ0v) is 15.4. The van der Waals surface area contributed by atoms with Gasteiger partial charge >= 0.3 is 0 Å². The molecule has 140 valence electrons. The van der Waals surface area contributed by atoms with Crippen LogP contribution >= 0.6 is 0 Å². The number of carbonyl (C=O) groups excluding carboxylic acids is 1. The lowest BCUT2D eigenvalue weighted by molar-refractivity contribution is 0.102. The molecule has 1 aliphatic carbocycles. The van der Waals surface area contributed by atoms with Crippen molar-refractivity contribution in [1.82, 2.24) is 24.8 Å². The van der Waals surface area contributed by atoms with E-state index in [1.807, 2.05) is 41.9 Å². The number of amides is 1. The van der Waals surface area contributed by atoms with E-state index in [2.05, 4.69) is 20.7 Å². The van der Waals surface area contributed by atoms with Crippen LogP contribution < -0.4 is 10.1 Å². The molecule has 1 N–H and O–H groups in total. The topological polar surface area (TPSA) is 86.9 Å². The Morgan fingerprint density at radius 1 is 1.26 bits per heavy atom. The summed E-state index contributed by atoms with van der Waals surface area (Å²) in [5.41, 5.74) is 1.74. The lowest BCUT2D eigenvalue weighted by atomic mass is 10.2. The average Bonchev–Trinajstić information content (AvgIpc) is 3.42. The molecule has 27 heavy (non-hydrogen) atoms. The second kappa shape index (κ2) is 7.22. The summed E-state index contributed by atoms with van der Waals surface area (Å²) in [7, 11) is 1.61. The molecule has 0 bridgehead atoms. The first-order valence-electron chi connectivity index (χ1n) is 9.09. The third-order valence-electron chi connectivity index (χ3n) is 4.99. The van der Waals surface area contributed by atoms with E-state index in [0.29, 0.717) is 23.3 Å². The number of carbonyl (C=O) groups is 1. The Hall–Kier alpha value is -3.16. The molecule has 4 rings (SSSR count). The van der Waals surface area contributed by atoms with E-state index in [1.165, 1.54) is 12.8 Å². The van der Waals surface area contributed by atoms with Gasteiger partial charge in [-0.05, 0) is 31.9 Å². The van der Waals surface area contributed by atoms with Gasteiger partial charge in [0.25, 0.3) is 5.91 Å². The number of methoxy groups -OCH3 is 1. The molecule has 1 aliphatic rings. The smallest absolute Gasteiger partial charge is 0.279 e. The van der Waals surface area contributed by atoms with Gasteiger partial charge in [0.1, 0.15) is 11.6 Å². The van der Waals surface area contributed by atoms with Crippen LogP contribution in [0.4, 0.5) is 5.82 Å². The largest absolute Gasteiger partial charge is 0.497 e. The van der Waals surface area contributed by atoms with Crippen molar-refractivity contribution in [2.75, 3.05) is 12.4 Å². The molecule has 1 saturated carbocycles. The highest BCUT2D eigenvalue weighted by molar-refractivity contribution is 6.03. The third-order valence-corrected chi connectivity index (χ3v) is 4.99. The monoisotopic (exact) mass is 366 g/mol. The van der Waals surface area contributed by atoms with Gasteiger partial charge in [0, 0.05) is 12.1 Å². The highest BCUT2D eigenvalue weighted by atomic mass is 16.5. The van der Waals surface area contributed by atoms with Crippen LogP contribution in [-0.4, -0.2) is 37.8 Å². The van der Waals surface area contributed by atoms with E-state index in [4.69, 9.17) is 4.74 Å². The maximum absolute atomic E-state index is 12.8. The second-order valence-corrected chi connectivity index (χ2v) is 6.69. The standard InChI is InChI=1S/C19H22N6O2/c1-13-18(22-23-24(13)15-8-5-9-16(12-15)27-2)19(26)21-17-10-11-20-25(17)14-6-3-4-7-14/h5,8-12,14H,3-4,6-7H2,1-2H3,(H,21,26). The number of aromatic nitrogens is 5. The van der Waals surface area contributed by atoms with Crippen LogP contribution in [0.25, 0.3) is 5.69 Å². The van der Waals surface area contributed by atoms with Crippen LogP contribution in [0, 0.1) is 6.92 Å². The molecule has 0 unspecified atom stereocenters. The molecule has 1 amide bonds. The Morgan fingerprint density at radius 2 is 2.07 bits per heavy atom. The minimum absolute atomic E-state index is 0.289. The van der Waals surface area contributed by atoms with Gasteiger partial charge in [-0.25, -0.2) is 9.36 Å². The zero-order chi connectivity index (χ0) is 18.8. The predicted octanol–water partition coefficient (Wildman–Crippen LogP) is 3.15. The van der Waals surface area contributed by atoms with Crippen molar-refractivity contribution in [1.29, 1.82) is 0 Å². The highest BCUT2D eigenvalue weighted by Crippen LogP contribution is 2.31. The molecule has 2 heterocycles. The van der Waals surface area contributed by atoms with Crippen LogP contribution in [0.1, 0.15) is 47.9 Å². The minimum Gasteiger partial charge on any atom is -0.497 e. The molecular weight excluding hydrogens is 344 g/mol. The lowest BCUT2D eigenvalue weighted by Gasteiger charge is -2.14. The molecule has 0 saturated heterocycles. The Balaban J connectivity index is 1.57. The fourth-order valence-electron chi connectivity index (χ4n) is 3.56. The fourth-order valence-corrected chi connectivity index (χ4v) is 3.56. The quantitative estimate of drug-likeness (QED) is 0.749. The minimum atomic E-state index is -0.290. The Bertz CT molecular complexity index is 955. The van der Waals surface area contributed by atoms with Gasteiger partial charge < -0.3 is 10.1 Å². The Labute approximate surface area is 157 Å². The summed E-state index contributed by atoms with van der Waals surface area (Å²) in [6.45, 7) is 1.82. The summed E-state index contributed by atoms with van der Waals surface area (Å²) in [6.07, 6.45) is 6.30. The SMILES string of the molecule is COc1cccc(-n2nnc(C(=O)Nc3ccnn3C3CCCC3)c2C)c1. The number of nitrogens with one attached hydrogen (secondary N) is 1. The van der Waals surface area contributed by atoms with Gasteiger partial charge in [0.05, 0.1) is 30.7 Å². The third kappa shape index (κ3) is 3.30. The first-order chi connectivity index (χ1) is 13.2. The first kappa shape index (κ1) is 17.3. The van der Waals surface area contributed by atoms with Crippen molar-refractivity contribution in [3.63, 3.8) is 0 Å². The molecular formula is C19H22N6O2. The number of benzene rings is 1. The van der Waals surface area contributed by atoms with Gasteiger partial charge in [0.15, 0.2) is 5.69 Å². The summed E-state index contributed by atoms with van der Waals surface area (Å²) in [6, 6.07) is 9.63. The van der Waals surface area contributed by atoms with Gasteiger partial charge in [-0.1, -0.05) is 24.1 Å². The van der Waals surface area contributed by atoms with E-state index in [9.17, 15) is 4.79 Å². The Kier molecular flexibility index (Phi) is 4.62. The van der Waals surface area contributed by atoms with E-state index in [-0.39, 0.29) is 11.6 Å². The van der Waals surface area contributed by atoms with Crippen LogP contribution in [0.15, 0.2) is 36.5 Å². The van der Waals surface area contributed by atoms with Crippen molar-refractivity contribution >= 4 is 11.7 Å². The van der Waals surface area contributed by atoms with Crippen molar-refractivity contribution < 1.29 is 9.53 Å². The molecule has 8 heteroatoms. The number of rotatable bonds is 5. The van der Waals surface area contributed by atoms with Gasteiger partial charge in [-0.15, -0.1) is 5.10 Å². The summed E-state index contributed by atoms with van der Waals surface area (Å²) < 4.78 is 8.79. The number of hydrogen-bond acceptors (Lipinski definition) is 5. The van der Waals surface area contributed by atoms with Crippen molar-refractivity contribution in [3.05, 3.63) is 47.9 Å². The molecule has 0 aliphatic heterocycles. The van der Waals surface area contributed by atoms with Crippen molar-refractivity contribution in [2.45, 2.75) is 38.6 Å². The predicted molar refractivity (Wildman–Crippen MR) is 100 cm³/mol.